The number of aryl methyl sites for hydroxylation is 1. The molecule has 3 amide bonds. The Morgan fingerprint density at radius 1 is 1.26 bits per heavy atom. The molecule has 1 heterocycles. The van der Waals surface area contributed by atoms with Crippen molar-refractivity contribution in [3.63, 3.8) is 0 Å². The number of rotatable bonds is 4. The number of nitrogen functional groups attached to an aromatic ring is 1. The Morgan fingerprint density at radius 2 is 1.89 bits per heavy atom. The van der Waals surface area contributed by atoms with E-state index in [-0.39, 0.29) is 11.9 Å². The van der Waals surface area contributed by atoms with Gasteiger partial charge in [0.25, 0.3) is 5.91 Å². The molecule has 0 aliphatic heterocycles. The molecule has 1 rings (SSSR count). The van der Waals surface area contributed by atoms with E-state index in [0.717, 1.165) is 0 Å². The third kappa shape index (κ3) is 4.82. The monoisotopic (exact) mass is 265 g/mol. The summed E-state index contributed by atoms with van der Waals surface area (Å²) >= 11 is 0. The minimum absolute atomic E-state index is 0.196. The van der Waals surface area contributed by atoms with Gasteiger partial charge in [-0.3, -0.25) is 4.79 Å². The maximum Gasteiger partial charge on any atom is 0.316 e. The van der Waals surface area contributed by atoms with E-state index >= 15 is 0 Å². The Labute approximate surface area is 112 Å². The Balaban J connectivity index is 2.41. The lowest BCUT2D eigenvalue weighted by Crippen LogP contribution is -2.39. The Kier molecular flexibility index (Phi) is 5.11. The lowest BCUT2D eigenvalue weighted by atomic mass is 10.2. The zero-order chi connectivity index (χ0) is 14.4. The van der Waals surface area contributed by atoms with Crippen molar-refractivity contribution in [2.24, 2.45) is 0 Å². The predicted molar refractivity (Wildman–Crippen MR) is 72.8 cm³/mol. The molecule has 0 aliphatic carbocycles. The number of urea groups is 1. The molecule has 0 saturated heterocycles. The van der Waals surface area contributed by atoms with E-state index in [1.807, 2.05) is 0 Å². The molecule has 1 aromatic heterocycles. The summed E-state index contributed by atoms with van der Waals surface area (Å²) in [4.78, 5) is 28.5. The number of pyridine rings is 1. The minimum Gasteiger partial charge on any atom is -0.384 e. The van der Waals surface area contributed by atoms with E-state index < -0.39 is 0 Å². The van der Waals surface area contributed by atoms with E-state index in [9.17, 15) is 9.59 Å². The first-order valence-corrected chi connectivity index (χ1v) is 5.87. The SMILES string of the molecule is Cc1cc(C(=O)NCCNC(=O)N(C)C)cc(N)n1. The molecule has 7 heteroatoms. The summed E-state index contributed by atoms with van der Waals surface area (Å²) < 4.78 is 0. The summed E-state index contributed by atoms with van der Waals surface area (Å²) in [6.45, 7) is 2.48. The van der Waals surface area contributed by atoms with Gasteiger partial charge in [0.1, 0.15) is 5.82 Å². The standard InChI is InChI=1S/C12H19N5O2/c1-8-6-9(7-10(13)16-8)11(18)14-4-5-15-12(19)17(2)3/h6-7H,4-5H2,1-3H3,(H2,13,16)(H,14,18)(H,15,19). The zero-order valence-electron chi connectivity index (χ0n) is 11.4. The molecule has 104 valence electrons. The van der Waals surface area contributed by atoms with Gasteiger partial charge in [0.2, 0.25) is 0 Å². The molecule has 7 nitrogen and oxygen atoms in total. The van der Waals surface area contributed by atoms with Gasteiger partial charge in [0.15, 0.2) is 0 Å². The lowest BCUT2D eigenvalue weighted by molar-refractivity contribution is 0.0953. The number of hydrogen-bond donors (Lipinski definition) is 3. The average Bonchev–Trinajstić information content (AvgIpc) is 2.32. The summed E-state index contributed by atoms with van der Waals surface area (Å²) in [5, 5.41) is 5.34. The van der Waals surface area contributed by atoms with E-state index in [1.54, 1.807) is 27.1 Å². The second kappa shape index (κ2) is 6.58. The van der Waals surface area contributed by atoms with Gasteiger partial charge in [-0.1, -0.05) is 0 Å². The van der Waals surface area contributed by atoms with Gasteiger partial charge < -0.3 is 21.3 Å². The summed E-state index contributed by atoms with van der Waals surface area (Å²) in [5.41, 5.74) is 6.72. The normalized spacial score (nSPS) is 9.84. The van der Waals surface area contributed by atoms with Crippen LogP contribution >= 0.6 is 0 Å². The number of hydrogen-bond acceptors (Lipinski definition) is 4. The highest BCUT2D eigenvalue weighted by Gasteiger charge is 2.07. The number of carbonyl (C=O) groups excluding carboxylic acids is 2. The molecule has 19 heavy (non-hydrogen) atoms. The van der Waals surface area contributed by atoms with Crippen molar-refractivity contribution < 1.29 is 9.59 Å². The number of nitrogens with two attached hydrogens (primary N) is 1. The quantitative estimate of drug-likeness (QED) is 0.666. The van der Waals surface area contributed by atoms with Crippen LogP contribution < -0.4 is 16.4 Å². The van der Waals surface area contributed by atoms with Gasteiger partial charge in [-0.15, -0.1) is 0 Å². The smallest absolute Gasteiger partial charge is 0.316 e. The van der Waals surface area contributed by atoms with Gasteiger partial charge in [-0.05, 0) is 19.1 Å². The fraction of sp³-hybridized carbons (Fsp3) is 0.417. The number of amides is 3. The molecular weight excluding hydrogens is 246 g/mol. The highest BCUT2D eigenvalue weighted by atomic mass is 16.2. The van der Waals surface area contributed by atoms with Gasteiger partial charge in [-0.25, -0.2) is 9.78 Å². The van der Waals surface area contributed by atoms with Crippen molar-refractivity contribution >= 4 is 17.8 Å². The second-order valence-electron chi connectivity index (χ2n) is 4.30. The van der Waals surface area contributed by atoms with Crippen molar-refractivity contribution in [2.45, 2.75) is 6.92 Å². The first kappa shape index (κ1) is 14.7. The molecule has 4 N–H and O–H groups in total. The average molecular weight is 265 g/mol. The maximum absolute atomic E-state index is 11.8. The summed E-state index contributed by atoms with van der Waals surface area (Å²) in [7, 11) is 3.30. The third-order valence-electron chi connectivity index (χ3n) is 2.33. The molecule has 0 atom stereocenters. The second-order valence-corrected chi connectivity index (χ2v) is 4.30. The van der Waals surface area contributed by atoms with Crippen LogP contribution in [-0.2, 0) is 0 Å². The largest absolute Gasteiger partial charge is 0.384 e. The molecule has 0 spiro atoms. The third-order valence-corrected chi connectivity index (χ3v) is 2.33. The summed E-state index contributed by atoms with van der Waals surface area (Å²) in [6.07, 6.45) is 0. The molecule has 0 aromatic carbocycles. The summed E-state index contributed by atoms with van der Waals surface area (Å²) in [6, 6.07) is 2.98. The number of aromatic nitrogens is 1. The number of nitrogens with zero attached hydrogens (tertiary/aromatic N) is 2. The minimum atomic E-state index is -0.240. The Bertz CT molecular complexity index is 453. The molecule has 0 unspecified atom stereocenters. The van der Waals surface area contributed by atoms with Crippen LogP contribution in [0.2, 0.25) is 0 Å². The van der Waals surface area contributed by atoms with E-state index in [4.69, 9.17) is 5.73 Å². The topological polar surface area (TPSA) is 100 Å². The fourth-order valence-electron chi connectivity index (χ4n) is 1.43. The Hall–Kier alpha value is -2.31. The van der Waals surface area contributed by atoms with Crippen LogP contribution in [-0.4, -0.2) is 49.0 Å². The van der Waals surface area contributed by atoms with E-state index in [2.05, 4.69) is 15.6 Å². The lowest BCUT2D eigenvalue weighted by Gasteiger charge is -2.12. The van der Waals surface area contributed by atoms with Crippen molar-refractivity contribution in [2.75, 3.05) is 32.9 Å². The molecule has 0 fully saturated rings. The summed E-state index contributed by atoms with van der Waals surface area (Å²) in [5.74, 6) is 0.0716. The van der Waals surface area contributed by atoms with Crippen LogP contribution in [0.25, 0.3) is 0 Å². The predicted octanol–water partition coefficient (Wildman–Crippen LogP) is -0.0268. The van der Waals surface area contributed by atoms with E-state index in [1.165, 1.54) is 11.0 Å². The highest BCUT2D eigenvalue weighted by molar-refractivity contribution is 5.94. The first-order chi connectivity index (χ1) is 8.90. The maximum atomic E-state index is 11.8. The van der Waals surface area contributed by atoms with Gasteiger partial charge in [-0.2, -0.15) is 0 Å². The van der Waals surface area contributed by atoms with Crippen LogP contribution in [0.5, 0.6) is 0 Å². The van der Waals surface area contributed by atoms with Crippen molar-refractivity contribution in [1.82, 2.24) is 20.5 Å². The van der Waals surface area contributed by atoms with Crippen molar-refractivity contribution in [1.29, 1.82) is 0 Å². The molecular formula is C12H19N5O2. The first-order valence-electron chi connectivity index (χ1n) is 5.87. The molecule has 0 saturated carbocycles. The number of anilines is 1. The van der Waals surface area contributed by atoms with Crippen LogP contribution in [0.4, 0.5) is 10.6 Å². The van der Waals surface area contributed by atoms with Gasteiger partial charge in [0, 0.05) is 38.4 Å². The van der Waals surface area contributed by atoms with Crippen LogP contribution in [0, 0.1) is 6.92 Å². The van der Waals surface area contributed by atoms with E-state index in [0.29, 0.717) is 30.2 Å². The zero-order valence-corrected chi connectivity index (χ0v) is 11.4. The van der Waals surface area contributed by atoms with Gasteiger partial charge >= 0.3 is 6.03 Å². The van der Waals surface area contributed by atoms with Crippen molar-refractivity contribution in [3.8, 4) is 0 Å². The van der Waals surface area contributed by atoms with Crippen LogP contribution in [0.1, 0.15) is 16.1 Å². The number of nitrogens with one attached hydrogen (secondary N) is 2. The molecule has 0 aliphatic rings. The fourth-order valence-corrected chi connectivity index (χ4v) is 1.43. The number of carbonyl (C=O) groups is 2. The molecule has 0 bridgehead atoms. The van der Waals surface area contributed by atoms with Crippen LogP contribution in [0.15, 0.2) is 12.1 Å². The van der Waals surface area contributed by atoms with Crippen molar-refractivity contribution in [3.05, 3.63) is 23.4 Å². The molecule has 1 aromatic rings. The Morgan fingerprint density at radius 3 is 2.47 bits per heavy atom. The highest BCUT2D eigenvalue weighted by Crippen LogP contribution is 2.06. The molecule has 0 radical (unpaired) electrons. The van der Waals surface area contributed by atoms with Crippen LogP contribution in [0.3, 0.4) is 0 Å². The van der Waals surface area contributed by atoms with Gasteiger partial charge in [0.05, 0.1) is 0 Å².